The number of benzene rings is 10. The Hall–Kier alpha value is -8.40. The van der Waals surface area contributed by atoms with Crippen LogP contribution in [0.5, 0.6) is 23.0 Å². The maximum atomic E-state index is 7.45. The lowest BCUT2D eigenvalue weighted by Gasteiger charge is -2.33. The maximum absolute atomic E-state index is 7.45. The Labute approximate surface area is 372 Å². The van der Waals surface area contributed by atoms with Crippen molar-refractivity contribution in [1.29, 1.82) is 0 Å². The van der Waals surface area contributed by atoms with Crippen LogP contribution in [0.15, 0.2) is 237 Å². The molecule has 300 valence electrons. The number of para-hydroxylation sites is 2. The molecule has 1 spiro atoms. The van der Waals surface area contributed by atoms with Crippen molar-refractivity contribution in [2.45, 2.75) is 5.41 Å². The normalized spacial score (nSPS) is 13.1. The topological polar surface area (TPSA) is 21.7 Å². The molecule has 0 radical (unpaired) electrons. The lowest BCUT2D eigenvalue weighted by atomic mass is 9.70. The number of hydrogen-bond donors (Lipinski definition) is 0. The zero-order valence-corrected chi connectivity index (χ0v) is 34.8. The van der Waals surface area contributed by atoms with Crippen molar-refractivity contribution < 1.29 is 9.47 Å². The minimum Gasteiger partial charge on any atom is -0.449 e. The second kappa shape index (κ2) is 14.3. The Bertz CT molecular complexity index is 3400. The van der Waals surface area contributed by atoms with Gasteiger partial charge in [0.25, 0.3) is 0 Å². The lowest BCUT2D eigenvalue weighted by molar-refractivity contribution is 0.361. The van der Waals surface area contributed by atoms with Crippen LogP contribution in [0.25, 0.3) is 55.6 Å². The SMILES string of the molecule is c1ccc(-c2ccccc2-c2ccc(N(c3ccccc3-c3ccccc3)c3cccc4c3Oc3c(ccc5c3-c3ccccc3C53c5ccccc5-c5ccccc53)O4)cc2)cc1. The Kier molecular flexibility index (Phi) is 8.13. The van der Waals surface area contributed by atoms with Crippen molar-refractivity contribution in [2.24, 2.45) is 0 Å². The molecule has 0 unspecified atom stereocenters. The molecule has 3 aliphatic rings. The van der Waals surface area contributed by atoms with Crippen LogP contribution >= 0.6 is 0 Å². The van der Waals surface area contributed by atoms with Crippen molar-refractivity contribution in [3.05, 3.63) is 259 Å². The third-order valence-electron chi connectivity index (χ3n) is 13.4. The van der Waals surface area contributed by atoms with Crippen LogP contribution in [-0.4, -0.2) is 0 Å². The molecule has 3 heteroatoms. The Morgan fingerprint density at radius 1 is 0.281 bits per heavy atom. The largest absolute Gasteiger partial charge is 0.449 e. The summed E-state index contributed by atoms with van der Waals surface area (Å²) in [5, 5.41) is 0. The van der Waals surface area contributed by atoms with Crippen molar-refractivity contribution >= 4 is 17.1 Å². The van der Waals surface area contributed by atoms with Gasteiger partial charge in [-0.05, 0) is 103 Å². The molecule has 13 rings (SSSR count). The molecule has 0 fully saturated rings. The smallest absolute Gasteiger partial charge is 0.194 e. The molecule has 1 aliphatic heterocycles. The summed E-state index contributed by atoms with van der Waals surface area (Å²) in [4.78, 5) is 2.32. The summed E-state index contributed by atoms with van der Waals surface area (Å²) in [6, 6.07) is 84.6. The summed E-state index contributed by atoms with van der Waals surface area (Å²) in [5.74, 6) is 2.76. The first-order chi connectivity index (χ1) is 31.8. The number of fused-ring (bicyclic) bond motifs is 13. The average Bonchev–Trinajstić information content (AvgIpc) is 3.85. The number of hydrogen-bond acceptors (Lipinski definition) is 3. The minimum absolute atomic E-state index is 0.501. The van der Waals surface area contributed by atoms with Gasteiger partial charge in [-0.25, -0.2) is 0 Å². The fourth-order valence-electron chi connectivity index (χ4n) is 10.7. The second-order valence-corrected chi connectivity index (χ2v) is 16.7. The third kappa shape index (κ3) is 5.28. The van der Waals surface area contributed by atoms with E-state index in [-0.39, 0.29) is 0 Å². The van der Waals surface area contributed by atoms with Gasteiger partial charge >= 0.3 is 0 Å². The van der Waals surface area contributed by atoms with E-state index in [4.69, 9.17) is 9.47 Å². The highest BCUT2D eigenvalue weighted by molar-refractivity contribution is 5.99. The third-order valence-corrected chi connectivity index (χ3v) is 13.4. The van der Waals surface area contributed by atoms with E-state index < -0.39 is 5.41 Å². The molecular formula is C61H39NO2. The highest BCUT2D eigenvalue weighted by Crippen LogP contribution is 2.67. The van der Waals surface area contributed by atoms with Crippen molar-refractivity contribution in [1.82, 2.24) is 0 Å². The molecular weight excluding hydrogens is 779 g/mol. The average molecular weight is 818 g/mol. The van der Waals surface area contributed by atoms with E-state index in [2.05, 4.69) is 235 Å². The summed E-state index contributed by atoms with van der Waals surface area (Å²) in [6.07, 6.45) is 0. The van der Waals surface area contributed by atoms with E-state index >= 15 is 0 Å². The number of nitrogens with zero attached hydrogens (tertiary/aromatic N) is 1. The molecule has 10 aromatic carbocycles. The van der Waals surface area contributed by atoms with Crippen LogP contribution < -0.4 is 14.4 Å². The van der Waals surface area contributed by atoms with Gasteiger partial charge in [-0.2, -0.15) is 0 Å². The molecule has 2 aliphatic carbocycles. The molecule has 1 heterocycles. The van der Waals surface area contributed by atoms with Crippen LogP contribution in [0, 0.1) is 0 Å². The van der Waals surface area contributed by atoms with Gasteiger partial charge in [0.2, 0.25) is 0 Å². The molecule has 3 nitrogen and oxygen atoms in total. The fourth-order valence-corrected chi connectivity index (χ4v) is 10.7. The first-order valence-corrected chi connectivity index (χ1v) is 21.9. The predicted molar refractivity (Wildman–Crippen MR) is 260 cm³/mol. The van der Waals surface area contributed by atoms with Crippen LogP contribution in [0.1, 0.15) is 22.3 Å². The van der Waals surface area contributed by atoms with E-state index in [0.717, 1.165) is 50.6 Å². The molecule has 0 N–H and O–H groups in total. The van der Waals surface area contributed by atoms with E-state index in [1.165, 1.54) is 50.1 Å². The molecule has 10 aromatic rings. The van der Waals surface area contributed by atoms with Gasteiger partial charge in [-0.3, -0.25) is 0 Å². The van der Waals surface area contributed by atoms with E-state index in [1.807, 2.05) is 6.07 Å². The van der Waals surface area contributed by atoms with Crippen LogP contribution in [0.2, 0.25) is 0 Å². The van der Waals surface area contributed by atoms with Crippen molar-refractivity contribution in [2.75, 3.05) is 4.90 Å². The maximum Gasteiger partial charge on any atom is 0.194 e. The first-order valence-electron chi connectivity index (χ1n) is 21.9. The van der Waals surface area contributed by atoms with E-state index in [0.29, 0.717) is 17.2 Å². The Balaban J connectivity index is 0.997. The standard InChI is InChI=1S/C61H39NO2/c1-3-18-40(19-4-1)44-22-7-8-23-45(44)42-34-36-43(37-35-42)62(54-31-16-12-24-46(54)41-20-5-2-6-21-41)55-32-17-33-56-59(55)64-60-57(63-56)39-38-53-58(60)49-27-11-15-30-52(49)61(53)50-28-13-9-25-47(50)48-26-10-14-29-51(48)61/h1-39H. The molecule has 0 amide bonds. The second-order valence-electron chi connectivity index (χ2n) is 16.7. The van der Waals surface area contributed by atoms with Gasteiger partial charge < -0.3 is 14.4 Å². The molecule has 0 saturated heterocycles. The Morgan fingerprint density at radius 2 is 0.750 bits per heavy atom. The van der Waals surface area contributed by atoms with Crippen molar-refractivity contribution in [3.8, 4) is 78.6 Å². The fraction of sp³-hybridized carbons (Fsp3) is 0.0164. The van der Waals surface area contributed by atoms with Gasteiger partial charge in [-0.1, -0.05) is 200 Å². The zero-order valence-electron chi connectivity index (χ0n) is 34.8. The van der Waals surface area contributed by atoms with Crippen molar-refractivity contribution in [3.63, 3.8) is 0 Å². The molecule has 0 saturated carbocycles. The summed E-state index contributed by atoms with van der Waals surface area (Å²) in [6.45, 7) is 0. The van der Waals surface area contributed by atoms with E-state index in [1.54, 1.807) is 0 Å². The monoisotopic (exact) mass is 817 g/mol. The van der Waals surface area contributed by atoms with Gasteiger partial charge in [-0.15, -0.1) is 0 Å². The van der Waals surface area contributed by atoms with Gasteiger partial charge in [0.15, 0.2) is 23.0 Å². The highest BCUT2D eigenvalue weighted by atomic mass is 16.6. The number of anilines is 3. The zero-order chi connectivity index (χ0) is 42.2. The lowest BCUT2D eigenvalue weighted by Crippen LogP contribution is -2.25. The van der Waals surface area contributed by atoms with Gasteiger partial charge in [0.1, 0.15) is 0 Å². The summed E-state index contributed by atoms with van der Waals surface area (Å²) in [5.41, 5.74) is 19.1. The quantitative estimate of drug-likeness (QED) is 0.167. The summed E-state index contributed by atoms with van der Waals surface area (Å²) in [7, 11) is 0. The number of rotatable bonds is 6. The highest BCUT2D eigenvalue weighted by Gasteiger charge is 2.53. The van der Waals surface area contributed by atoms with Crippen LogP contribution in [0.4, 0.5) is 17.1 Å². The summed E-state index contributed by atoms with van der Waals surface area (Å²) >= 11 is 0. The predicted octanol–water partition coefficient (Wildman–Crippen LogP) is 16.4. The summed E-state index contributed by atoms with van der Waals surface area (Å²) < 4.78 is 14.4. The minimum atomic E-state index is -0.501. The molecule has 0 aromatic heterocycles. The Morgan fingerprint density at radius 3 is 1.39 bits per heavy atom. The first kappa shape index (κ1) is 36.3. The van der Waals surface area contributed by atoms with Gasteiger partial charge in [0.05, 0.1) is 16.8 Å². The molecule has 64 heavy (non-hydrogen) atoms. The number of ether oxygens (including phenoxy) is 2. The van der Waals surface area contributed by atoms with E-state index in [9.17, 15) is 0 Å². The molecule has 0 atom stereocenters. The van der Waals surface area contributed by atoms with Gasteiger partial charge in [0, 0.05) is 16.8 Å². The molecule has 0 bridgehead atoms. The van der Waals surface area contributed by atoms with Crippen LogP contribution in [-0.2, 0) is 5.41 Å². The van der Waals surface area contributed by atoms with Crippen LogP contribution in [0.3, 0.4) is 0 Å².